The van der Waals surface area contributed by atoms with Crippen LogP contribution in [0.5, 0.6) is 5.75 Å². The number of amides is 3. The summed E-state index contributed by atoms with van der Waals surface area (Å²) in [6.07, 6.45) is 1.19. The van der Waals surface area contributed by atoms with Crippen molar-refractivity contribution in [3.8, 4) is 17.0 Å². The SMILES string of the molecule is CCNC(=O)Nc1ccc2ncc(-c3ccc(OC(=O)N(C)C)cc3)nc2n1. The Hall–Kier alpha value is -3.75. The van der Waals surface area contributed by atoms with Crippen molar-refractivity contribution in [3.05, 3.63) is 42.6 Å². The molecule has 0 saturated carbocycles. The molecule has 28 heavy (non-hydrogen) atoms. The summed E-state index contributed by atoms with van der Waals surface area (Å²) in [6, 6.07) is 10.0. The van der Waals surface area contributed by atoms with Gasteiger partial charge in [-0.3, -0.25) is 10.3 Å². The molecular weight excluding hydrogens is 360 g/mol. The highest BCUT2D eigenvalue weighted by Crippen LogP contribution is 2.22. The predicted molar refractivity (Wildman–Crippen MR) is 105 cm³/mol. The lowest BCUT2D eigenvalue weighted by Gasteiger charge is -2.11. The van der Waals surface area contributed by atoms with E-state index in [1.54, 1.807) is 56.7 Å². The van der Waals surface area contributed by atoms with Crippen molar-refractivity contribution in [2.24, 2.45) is 0 Å². The first kappa shape index (κ1) is 19.0. The first-order valence-electron chi connectivity index (χ1n) is 8.64. The number of anilines is 1. The minimum Gasteiger partial charge on any atom is -0.410 e. The smallest absolute Gasteiger partial charge is 0.410 e. The average molecular weight is 380 g/mol. The molecule has 3 aromatic rings. The third-order valence-electron chi connectivity index (χ3n) is 3.71. The van der Waals surface area contributed by atoms with Crippen molar-refractivity contribution < 1.29 is 14.3 Å². The van der Waals surface area contributed by atoms with E-state index in [-0.39, 0.29) is 6.03 Å². The zero-order valence-corrected chi connectivity index (χ0v) is 15.8. The van der Waals surface area contributed by atoms with E-state index in [4.69, 9.17) is 4.74 Å². The van der Waals surface area contributed by atoms with Gasteiger partial charge in [-0.25, -0.2) is 19.6 Å². The van der Waals surface area contributed by atoms with Crippen LogP contribution in [0.3, 0.4) is 0 Å². The molecule has 1 aromatic carbocycles. The van der Waals surface area contributed by atoms with Gasteiger partial charge in [0.15, 0.2) is 5.65 Å². The average Bonchev–Trinajstić information content (AvgIpc) is 2.68. The molecule has 0 aliphatic carbocycles. The first-order valence-corrected chi connectivity index (χ1v) is 8.64. The van der Waals surface area contributed by atoms with E-state index in [2.05, 4.69) is 25.6 Å². The van der Waals surface area contributed by atoms with E-state index in [1.165, 1.54) is 4.90 Å². The number of urea groups is 1. The lowest BCUT2D eigenvalue weighted by Crippen LogP contribution is -2.28. The summed E-state index contributed by atoms with van der Waals surface area (Å²) in [5.74, 6) is 0.818. The number of aromatic nitrogens is 3. The predicted octanol–water partition coefficient (Wildman–Crippen LogP) is 2.89. The van der Waals surface area contributed by atoms with E-state index in [9.17, 15) is 9.59 Å². The minimum absolute atomic E-state index is 0.332. The molecule has 0 bridgehead atoms. The number of nitrogens with one attached hydrogen (secondary N) is 2. The highest BCUT2D eigenvalue weighted by atomic mass is 16.6. The number of nitrogens with zero attached hydrogens (tertiary/aromatic N) is 4. The van der Waals surface area contributed by atoms with Gasteiger partial charge in [0.25, 0.3) is 0 Å². The number of pyridine rings is 1. The highest BCUT2D eigenvalue weighted by Gasteiger charge is 2.09. The Balaban J connectivity index is 1.82. The number of hydrogen-bond donors (Lipinski definition) is 2. The van der Waals surface area contributed by atoms with Crippen molar-refractivity contribution in [1.82, 2.24) is 25.2 Å². The quantitative estimate of drug-likeness (QED) is 0.720. The Morgan fingerprint density at radius 1 is 1.07 bits per heavy atom. The Kier molecular flexibility index (Phi) is 5.64. The standard InChI is InChI=1S/C19H20N6O3/c1-4-20-18(26)24-16-10-9-14-17(23-16)22-15(11-21-14)12-5-7-13(8-6-12)28-19(27)25(2)3/h5-11H,4H2,1-3H3,(H2,20,22,23,24,26). The molecular formula is C19H20N6O3. The largest absolute Gasteiger partial charge is 0.414 e. The molecule has 2 aromatic heterocycles. The zero-order chi connectivity index (χ0) is 20.1. The monoisotopic (exact) mass is 380 g/mol. The summed E-state index contributed by atoms with van der Waals surface area (Å²) < 4.78 is 5.20. The summed E-state index contributed by atoms with van der Waals surface area (Å²) in [4.78, 5) is 37.8. The Labute approximate surface area is 161 Å². The lowest BCUT2D eigenvalue weighted by atomic mass is 10.1. The molecule has 144 valence electrons. The fourth-order valence-electron chi connectivity index (χ4n) is 2.31. The number of carbonyl (C=O) groups excluding carboxylic acids is 2. The number of ether oxygens (including phenoxy) is 1. The molecule has 0 atom stereocenters. The van der Waals surface area contributed by atoms with Crippen LogP contribution in [0, 0.1) is 0 Å². The van der Waals surface area contributed by atoms with Gasteiger partial charge in [0.2, 0.25) is 0 Å². The number of fused-ring (bicyclic) bond motifs is 1. The van der Waals surface area contributed by atoms with Crippen LogP contribution in [0.1, 0.15) is 6.92 Å². The van der Waals surface area contributed by atoms with Gasteiger partial charge >= 0.3 is 12.1 Å². The van der Waals surface area contributed by atoms with Crippen molar-refractivity contribution in [3.63, 3.8) is 0 Å². The second-order valence-electron chi connectivity index (χ2n) is 6.07. The van der Waals surface area contributed by atoms with Crippen LogP contribution in [-0.4, -0.2) is 52.6 Å². The zero-order valence-electron chi connectivity index (χ0n) is 15.8. The van der Waals surface area contributed by atoms with E-state index >= 15 is 0 Å². The van der Waals surface area contributed by atoms with Crippen molar-refractivity contribution in [2.75, 3.05) is 26.0 Å². The second kappa shape index (κ2) is 8.30. The Bertz CT molecular complexity index is 1000. The number of benzene rings is 1. The van der Waals surface area contributed by atoms with Gasteiger partial charge < -0.3 is 15.0 Å². The summed E-state index contributed by atoms with van der Waals surface area (Å²) >= 11 is 0. The summed E-state index contributed by atoms with van der Waals surface area (Å²) in [6.45, 7) is 2.35. The van der Waals surface area contributed by atoms with Crippen LogP contribution < -0.4 is 15.4 Å². The fourth-order valence-corrected chi connectivity index (χ4v) is 2.31. The molecule has 0 unspecified atom stereocenters. The molecule has 2 heterocycles. The van der Waals surface area contributed by atoms with Gasteiger partial charge in [-0.1, -0.05) is 0 Å². The van der Waals surface area contributed by atoms with Crippen molar-refractivity contribution >= 4 is 29.1 Å². The summed E-state index contributed by atoms with van der Waals surface area (Å²) in [5.41, 5.74) is 2.43. The molecule has 0 saturated heterocycles. The molecule has 0 fully saturated rings. The van der Waals surface area contributed by atoms with Crippen LogP contribution in [0.2, 0.25) is 0 Å². The molecule has 3 rings (SSSR count). The van der Waals surface area contributed by atoms with Crippen LogP contribution >= 0.6 is 0 Å². The van der Waals surface area contributed by atoms with E-state index in [0.717, 1.165) is 5.56 Å². The molecule has 0 radical (unpaired) electrons. The maximum atomic E-state index is 11.7. The molecule has 0 spiro atoms. The second-order valence-corrected chi connectivity index (χ2v) is 6.07. The van der Waals surface area contributed by atoms with E-state index < -0.39 is 6.09 Å². The number of rotatable bonds is 4. The Morgan fingerprint density at radius 3 is 2.50 bits per heavy atom. The normalized spacial score (nSPS) is 10.4. The van der Waals surface area contributed by atoms with E-state index in [1.807, 2.05) is 6.92 Å². The van der Waals surface area contributed by atoms with Crippen molar-refractivity contribution in [1.29, 1.82) is 0 Å². The van der Waals surface area contributed by atoms with E-state index in [0.29, 0.717) is 35.0 Å². The number of carbonyl (C=O) groups is 2. The lowest BCUT2D eigenvalue weighted by molar-refractivity contribution is 0.172. The van der Waals surface area contributed by atoms with Crippen LogP contribution in [0.4, 0.5) is 15.4 Å². The minimum atomic E-state index is -0.449. The summed E-state index contributed by atoms with van der Waals surface area (Å²) in [7, 11) is 3.23. The van der Waals surface area contributed by atoms with Gasteiger partial charge in [0.1, 0.15) is 17.1 Å². The maximum absolute atomic E-state index is 11.7. The maximum Gasteiger partial charge on any atom is 0.414 e. The fraction of sp³-hybridized carbons (Fsp3) is 0.211. The third-order valence-corrected chi connectivity index (χ3v) is 3.71. The molecule has 2 N–H and O–H groups in total. The summed E-state index contributed by atoms with van der Waals surface area (Å²) in [5, 5.41) is 5.29. The molecule has 9 nitrogen and oxygen atoms in total. The van der Waals surface area contributed by atoms with Gasteiger partial charge in [0, 0.05) is 26.2 Å². The van der Waals surface area contributed by atoms with Crippen LogP contribution in [-0.2, 0) is 0 Å². The topological polar surface area (TPSA) is 109 Å². The third kappa shape index (κ3) is 4.50. The molecule has 3 amide bonds. The van der Waals surface area contributed by atoms with Gasteiger partial charge in [-0.05, 0) is 43.3 Å². The van der Waals surface area contributed by atoms with Gasteiger partial charge in [-0.2, -0.15) is 0 Å². The van der Waals surface area contributed by atoms with Crippen molar-refractivity contribution in [2.45, 2.75) is 6.92 Å². The van der Waals surface area contributed by atoms with Crippen LogP contribution in [0.15, 0.2) is 42.6 Å². The van der Waals surface area contributed by atoms with Gasteiger partial charge in [-0.15, -0.1) is 0 Å². The molecule has 9 heteroatoms. The number of hydrogen-bond acceptors (Lipinski definition) is 6. The highest BCUT2D eigenvalue weighted by molar-refractivity contribution is 5.89. The van der Waals surface area contributed by atoms with Crippen LogP contribution in [0.25, 0.3) is 22.4 Å². The molecule has 0 aliphatic heterocycles. The molecule has 0 aliphatic rings. The Morgan fingerprint density at radius 2 is 1.82 bits per heavy atom. The first-order chi connectivity index (χ1) is 13.5. The van der Waals surface area contributed by atoms with Gasteiger partial charge in [0.05, 0.1) is 11.9 Å².